The molecule has 4 nitrogen and oxygen atoms in total. The highest BCUT2D eigenvalue weighted by molar-refractivity contribution is 7.98. The summed E-state index contributed by atoms with van der Waals surface area (Å²) in [6.07, 6.45) is 0. The van der Waals surface area contributed by atoms with E-state index in [4.69, 9.17) is 4.98 Å². The first-order valence-corrected chi connectivity index (χ1v) is 10.2. The number of para-hydroxylation sites is 1. The van der Waals surface area contributed by atoms with Crippen molar-refractivity contribution in [2.24, 2.45) is 0 Å². The van der Waals surface area contributed by atoms with Gasteiger partial charge in [-0.15, -0.1) is 21.5 Å². The lowest BCUT2D eigenvalue weighted by Crippen LogP contribution is -2.01. The lowest BCUT2D eigenvalue weighted by Gasteiger charge is -2.10. The van der Waals surface area contributed by atoms with E-state index in [1.807, 2.05) is 37.3 Å². The SMILES string of the molecule is Cc1ccccc1-n1c(C)nnc1SCc1csc(-c2ccccc2)n1. The summed E-state index contributed by atoms with van der Waals surface area (Å²) in [5.41, 5.74) is 4.56. The Hall–Kier alpha value is -2.44. The Labute approximate surface area is 161 Å². The van der Waals surface area contributed by atoms with Crippen LogP contribution in [-0.4, -0.2) is 19.7 Å². The first-order valence-electron chi connectivity index (χ1n) is 8.33. The third kappa shape index (κ3) is 3.43. The van der Waals surface area contributed by atoms with Crippen LogP contribution in [0.3, 0.4) is 0 Å². The smallest absolute Gasteiger partial charge is 0.196 e. The van der Waals surface area contributed by atoms with Gasteiger partial charge in [-0.05, 0) is 25.5 Å². The molecule has 6 heteroatoms. The molecule has 130 valence electrons. The van der Waals surface area contributed by atoms with Crippen molar-refractivity contribution in [1.29, 1.82) is 0 Å². The molecule has 0 aliphatic carbocycles. The number of benzene rings is 2. The van der Waals surface area contributed by atoms with Gasteiger partial charge >= 0.3 is 0 Å². The van der Waals surface area contributed by atoms with Crippen molar-refractivity contribution in [3.8, 4) is 16.3 Å². The Kier molecular flexibility index (Phi) is 4.86. The van der Waals surface area contributed by atoms with Crippen LogP contribution >= 0.6 is 23.1 Å². The van der Waals surface area contributed by atoms with Crippen LogP contribution in [0.5, 0.6) is 0 Å². The minimum atomic E-state index is 0.771. The number of aryl methyl sites for hydroxylation is 2. The van der Waals surface area contributed by atoms with E-state index < -0.39 is 0 Å². The molecular weight excluding hydrogens is 360 g/mol. The van der Waals surface area contributed by atoms with Crippen LogP contribution in [0.25, 0.3) is 16.3 Å². The van der Waals surface area contributed by atoms with E-state index in [9.17, 15) is 0 Å². The van der Waals surface area contributed by atoms with Crippen LogP contribution in [0.1, 0.15) is 17.1 Å². The molecule has 0 aliphatic heterocycles. The van der Waals surface area contributed by atoms with E-state index in [0.29, 0.717) is 0 Å². The molecule has 0 bridgehead atoms. The molecule has 2 heterocycles. The van der Waals surface area contributed by atoms with Crippen molar-refractivity contribution in [3.05, 3.63) is 77.1 Å². The molecular formula is C20H18N4S2. The van der Waals surface area contributed by atoms with Gasteiger partial charge in [0.15, 0.2) is 5.16 Å². The maximum atomic E-state index is 4.76. The Morgan fingerprint density at radius 3 is 2.54 bits per heavy atom. The van der Waals surface area contributed by atoms with Gasteiger partial charge in [0.2, 0.25) is 0 Å². The number of thioether (sulfide) groups is 1. The fourth-order valence-electron chi connectivity index (χ4n) is 2.75. The van der Waals surface area contributed by atoms with Crippen molar-refractivity contribution in [1.82, 2.24) is 19.7 Å². The van der Waals surface area contributed by atoms with E-state index in [2.05, 4.69) is 51.3 Å². The number of rotatable bonds is 5. The summed E-state index contributed by atoms with van der Waals surface area (Å²) in [4.78, 5) is 4.76. The largest absolute Gasteiger partial charge is 0.274 e. The summed E-state index contributed by atoms with van der Waals surface area (Å²) >= 11 is 3.35. The molecule has 2 aromatic carbocycles. The average Bonchev–Trinajstić information content (AvgIpc) is 3.28. The Bertz CT molecular complexity index is 1020. The normalized spacial score (nSPS) is 11.0. The maximum Gasteiger partial charge on any atom is 0.196 e. The Balaban J connectivity index is 1.55. The van der Waals surface area contributed by atoms with Crippen LogP contribution in [0.4, 0.5) is 0 Å². The first-order chi connectivity index (χ1) is 12.7. The predicted molar refractivity (Wildman–Crippen MR) is 108 cm³/mol. The molecule has 0 unspecified atom stereocenters. The zero-order chi connectivity index (χ0) is 17.9. The van der Waals surface area contributed by atoms with Crippen LogP contribution < -0.4 is 0 Å². The van der Waals surface area contributed by atoms with Gasteiger partial charge in [-0.2, -0.15) is 0 Å². The van der Waals surface area contributed by atoms with E-state index in [1.165, 1.54) is 5.56 Å². The minimum Gasteiger partial charge on any atom is -0.274 e. The number of nitrogens with zero attached hydrogens (tertiary/aromatic N) is 4. The summed E-state index contributed by atoms with van der Waals surface area (Å²) in [7, 11) is 0. The molecule has 4 rings (SSSR count). The Morgan fingerprint density at radius 1 is 0.962 bits per heavy atom. The standard InChI is InChI=1S/C20H18N4S2/c1-14-8-6-7-11-18(14)24-15(2)22-23-20(24)26-13-17-12-25-19(21-17)16-9-4-3-5-10-16/h3-12H,13H2,1-2H3. The number of hydrogen-bond donors (Lipinski definition) is 0. The molecule has 0 N–H and O–H groups in total. The second-order valence-electron chi connectivity index (χ2n) is 5.95. The highest BCUT2D eigenvalue weighted by Gasteiger charge is 2.14. The molecule has 0 saturated heterocycles. The fourth-order valence-corrected chi connectivity index (χ4v) is 4.57. The van der Waals surface area contributed by atoms with Gasteiger partial charge in [0.1, 0.15) is 10.8 Å². The van der Waals surface area contributed by atoms with Crippen molar-refractivity contribution in [2.75, 3.05) is 0 Å². The van der Waals surface area contributed by atoms with E-state index in [-0.39, 0.29) is 0 Å². The van der Waals surface area contributed by atoms with Gasteiger partial charge in [-0.3, -0.25) is 4.57 Å². The highest BCUT2D eigenvalue weighted by atomic mass is 32.2. The van der Waals surface area contributed by atoms with E-state index in [1.54, 1.807) is 23.1 Å². The lowest BCUT2D eigenvalue weighted by molar-refractivity contribution is 0.861. The molecule has 26 heavy (non-hydrogen) atoms. The van der Waals surface area contributed by atoms with Gasteiger partial charge in [0.05, 0.1) is 11.4 Å². The van der Waals surface area contributed by atoms with Crippen LogP contribution in [0, 0.1) is 13.8 Å². The zero-order valence-corrected chi connectivity index (χ0v) is 16.2. The number of hydrogen-bond acceptors (Lipinski definition) is 5. The topological polar surface area (TPSA) is 43.6 Å². The molecule has 0 saturated carbocycles. The summed E-state index contributed by atoms with van der Waals surface area (Å²) < 4.78 is 2.12. The van der Waals surface area contributed by atoms with Gasteiger partial charge in [-0.25, -0.2) is 4.98 Å². The van der Waals surface area contributed by atoms with Crippen molar-refractivity contribution in [2.45, 2.75) is 24.8 Å². The third-order valence-corrected chi connectivity index (χ3v) is 5.98. The van der Waals surface area contributed by atoms with Crippen LogP contribution in [-0.2, 0) is 5.75 Å². The van der Waals surface area contributed by atoms with Crippen LogP contribution in [0.2, 0.25) is 0 Å². The second-order valence-corrected chi connectivity index (χ2v) is 7.75. The fraction of sp³-hybridized carbons (Fsp3) is 0.150. The molecule has 0 atom stereocenters. The molecule has 0 fully saturated rings. The summed E-state index contributed by atoms with van der Waals surface area (Å²) in [5.74, 6) is 1.66. The predicted octanol–water partition coefficient (Wildman–Crippen LogP) is 5.30. The monoisotopic (exact) mass is 378 g/mol. The van der Waals surface area contributed by atoms with E-state index >= 15 is 0 Å². The third-order valence-electron chi connectivity index (χ3n) is 4.07. The summed E-state index contributed by atoms with van der Waals surface area (Å²) in [5, 5.41) is 12.7. The lowest BCUT2D eigenvalue weighted by atomic mass is 10.2. The van der Waals surface area contributed by atoms with Gasteiger partial charge < -0.3 is 0 Å². The van der Waals surface area contributed by atoms with E-state index in [0.717, 1.165) is 38.7 Å². The molecule has 0 radical (unpaired) electrons. The molecule has 2 aromatic heterocycles. The maximum absolute atomic E-state index is 4.76. The van der Waals surface area contributed by atoms with Gasteiger partial charge in [-0.1, -0.05) is 60.3 Å². The highest BCUT2D eigenvalue weighted by Crippen LogP contribution is 2.29. The summed E-state index contributed by atoms with van der Waals surface area (Å²) in [6.45, 7) is 4.09. The second kappa shape index (κ2) is 7.43. The van der Waals surface area contributed by atoms with Crippen LogP contribution in [0.15, 0.2) is 65.1 Å². The first kappa shape index (κ1) is 17.0. The van der Waals surface area contributed by atoms with Crippen molar-refractivity contribution < 1.29 is 0 Å². The molecule has 0 amide bonds. The van der Waals surface area contributed by atoms with Gasteiger partial charge in [0.25, 0.3) is 0 Å². The summed E-state index contributed by atoms with van der Waals surface area (Å²) in [6, 6.07) is 18.6. The average molecular weight is 379 g/mol. The Morgan fingerprint density at radius 2 is 1.73 bits per heavy atom. The number of thiazole rings is 1. The molecule has 4 aromatic rings. The minimum absolute atomic E-state index is 0.771. The molecule has 0 aliphatic rings. The van der Waals surface area contributed by atoms with Crippen molar-refractivity contribution in [3.63, 3.8) is 0 Å². The van der Waals surface area contributed by atoms with Crippen molar-refractivity contribution >= 4 is 23.1 Å². The molecule has 0 spiro atoms. The van der Waals surface area contributed by atoms with Gasteiger partial charge in [0, 0.05) is 16.7 Å². The zero-order valence-electron chi connectivity index (χ0n) is 14.6. The number of aromatic nitrogens is 4. The quantitative estimate of drug-likeness (QED) is 0.442.